The Kier molecular flexibility index (Phi) is 14.7. The summed E-state index contributed by atoms with van der Waals surface area (Å²) in [5, 5.41) is 76.5. The predicted octanol–water partition coefficient (Wildman–Crippen LogP) is -2.46. The van der Waals surface area contributed by atoms with E-state index in [4.69, 9.17) is 25.4 Å². The topological polar surface area (TPSA) is 366 Å². The first-order chi connectivity index (χ1) is 25.8. The average molecular weight is 805 g/mol. The summed E-state index contributed by atoms with van der Waals surface area (Å²) in [6.07, 6.45) is -14.6. The molecule has 24 heteroatoms. The minimum atomic E-state index is -5.12. The molecule has 2 unspecified atom stereocenters. The van der Waals surface area contributed by atoms with Crippen LogP contribution in [0.2, 0.25) is 0 Å². The molecule has 2 aliphatic heterocycles. The molecule has 4 rings (SSSR count). The van der Waals surface area contributed by atoms with Crippen molar-refractivity contribution in [3.05, 3.63) is 40.2 Å². The van der Waals surface area contributed by atoms with Crippen molar-refractivity contribution in [2.75, 3.05) is 34.5 Å². The minimum Gasteiger partial charge on any atom is -0.481 e. The number of phosphoric acid groups is 1. The molecule has 13 N–H and O–H groups in total. The van der Waals surface area contributed by atoms with Crippen LogP contribution in [0.25, 0.3) is 0 Å². The number of nitrogens with zero attached hydrogens (tertiary/aromatic N) is 2. The van der Waals surface area contributed by atoms with Crippen molar-refractivity contribution in [3.8, 4) is 0 Å². The van der Waals surface area contributed by atoms with Crippen molar-refractivity contribution in [2.24, 2.45) is 0 Å². The third kappa shape index (κ3) is 11.2. The third-order valence-electron chi connectivity index (χ3n) is 8.88. The number of nitrogens with one attached hydrogen (secondary N) is 3. The zero-order valence-electron chi connectivity index (χ0n) is 29.4. The van der Waals surface area contributed by atoms with Crippen LogP contribution in [0.15, 0.2) is 29.1 Å². The van der Waals surface area contributed by atoms with E-state index < -0.39 is 112 Å². The molecule has 0 spiro atoms. The van der Waals surface area contributed by atoms with Gasteiger partial charge in [-0.1, -0.05) is 12.1 Å². The Bertz CT molecular complexity index is 1750. The van der Waals surface area contributed by atoms with Crippen LogP contribution in [-0.4, -0.2) is 149 Å². The van der Waals surface area contributed by atoms with Crippen molar-refractivity contribution >= 4 is 49.3 Å². The van der Waals surface area contributed by atoms with Crippen molar-refractivity contribution in [2.45, 2.75) is 100 Å². The lowest BCUT2D eigenvalue weighted by molar-refractivity contribution is -0.192. The van der Waals surface area contributed by atoms with Crippen LogP contribution in [0.1, 0.15) is 32.3 Å². The monoisotopic (exact) mass is 804 g/mol. The number of carbonyl (C=O) groups is 3. The number of nitrogens with two attached hydrogens (primary N) is 1. The number of fused-ring (bicyclic) bond motifs is 1. The Morgan fingerprint density at radius 2 is 1.82 bits per heavy atom. The maximum atomic E-state index is 12.6. The van der Waals surface area contributed by atoms with E-state index in [9.17, 15) is 54.2 Å². The van der Waals surface area contributed by atoms with Crippen LogP contribution in [0.4, 0.5) is 23.1 Å². The maximum absolute atomic E-state index is 12.6. The van der Waals surface area contributed by atoms with Gasteiger partial charge in [0.25, 0.3) is 5.56 Å². The fourth-order valence-corrected chi connectivity index (χ4v) is 7.05. The Labute approximate surface area is 312 Å². The number of rotatable bonds is 20. The van der Waals surface area contributed by atoms with E-state index in [1.54, 1.807) is 24.3 Å². The fourth-order valence-electron chi connectivity index (χ4n) is 6.13. The number of carboxylic acid groups (broad SMARTS) is 2. The molecule has 1 fully saturated rings. The number of hydrogen-bond acceptors (Lipinski definition) is 18. The van der Waals surface area contributed by atoms with Crippen LogP contribution < -0.4 is 26.8 Å². The molecule has 0 saturated carbocycles. The second kappa shape index (κ2) is 18.6. The van der Waals surface area contributed by atoms with Gasteiger partial charge in [-0.3, -0.25) is 33.3 Å². The Hall–Kier alpha value is -4.26. The number of nitrogen functional groups attached to an aromatic ring is 1. The molecule has 1 saturated heterocycles. The van der Waals surface area contributed by atoms with Crippen molar-refractivity contribution in [1.82, 2.24) is 9.97 Å². The summed E-state index contributed by atoms with van der Waals surface area (Å²) in [4.78, 5) is 64.3. The lowest BCUT2D eigenvalue weighted by Crippen LogP contribution is -2.58. The highest BCUT2D eigenvalue weighted by atomic mass is 31.2. The number of aromatic nitrogens is 2. The Balaban J connectivity index is 1.25. The summed E-state index contributed by atoms with van der Waals surface area (Å²) < 4.78 is 32.0. The van der Waals surface area contributed by atoms with Crippen LogP contribution in [0, 0.1) is 0 Å². The van der Waals surface area contributed by atoms with E-state index in [-0.39, 0.29) is 29.9 Å². The molecule has 0 bridgehead atoms. The van der Waals surface area contributed by atoms with Gasteiger partial charge in [0.05, 0.1) is 25.4 Å². The highest BCUT2D eigenvalue weighted by Gasteiger charge is 2.45. The number of aromatic amines is 1. The summed E-state index contributed by atoms with van der Waals surface area (Å²) in [6.45, 7) is 2.02. The van der Waals surface area contributed by atoms with Gasteiger partial charge in [0.15, 0.2) is 23.9 Å². The number of benzene rings is 1. The standard InChI is InChI=1S/C31H45N6O17P/c1-13(22-14(2)34-27-23(37(22)12-38)28(46)36-31(32)35-27)33-16-5-3-15(4-6-16)9-17(39)24(43)18(40)10-51-30-26(45)25(44)20(53-30)11-52-55(49,50)54-19(29(47)48)7-8-21(41)42/h3-6,12-14,17-20,22,24-26,30,33,39-40,43-45H,7-11H2,1-2H3,(H,41,42)(H,47,48)(H,49,50)(H4,32,34,35,36,46)/t13-,14?,17-,18+,19+,20+,22+,24-,25-,26-,30+/m1/s1. The van der Waals surface area contributed by atoms with E-state index in [0.29, 0.717) is 17.7 Å². The van der Waals surface area contributed by atoms with Crippen molar-refractivity contribution in [3.63, 3.8) is 0 Å². The van der Waals surface area contributed by atoms with Gasteiger partial charge >= 0.3 is 19.8 Å². The average Bonchev–Trinajstić information content (AvgIpc) is 3.38. The smallest absolute Gasteiger partial charge is 0.473 e. The number of phosphoric ester groups is 1. The van der Waals surface area contributed by atoms with Gasteiger partial charge in [-0.15, -0.1) is 0 Å². The molecule has 1 aromatic heterocycles. The molecule has 12 atom stereocenters. The minimum absolute atomic E-state index is 0.0313. The molecule has 1 amide bonds. The number of aliphatic hydroxyl groups is 5. The summed E-state index contributed by atoms with van der Waals surface area (Å²) in [5.41, 5.74) is 6.29. The number of hydrogen-bond donors (Lipinski definition) is 12. The first-order valence-electron chi connectivity index (χ1n) is 16.8. The summed E-state index contributed by atoms with van der Waals surface area (Å²) in [7, 11) is -5.12. The van der Waals surface area contributed by atoms with Crippen LogP contribution in [0.3, 0.4) is 0 Å². The maximum Gasteiger partial charge on any atom is 0.473 e. The molecule has 1 aromatic carbocycles. The van der Waals surface area contributed by atoms with E-state index in [1.165, 1.54) is 4.90 Å². The van der Waals surface area contributed by atoms with Crippen molar-refractivity contribution < 1.29 is 78.1 Å². The number of carbonyl (C=O) groups excluding carboxylic acids is 1. The van der Waals surface area contributed by atoms with Gasteiger partial charge in [0.1, 0.15) is 30.5 Å². The predicted molar refractivity (Wildman–Crippen MR) is 188 cm³/mol. The van der Waals surface area contributed by atoms with E-state index in [0.717, 1.165) is 0 Å². The quantitative estimate of drug-likeness (QED) is 0.0487. The number of aliphatic carboxylic acids is 2. The first kappa shape index (κ1) is 43.5. The first-order valence-corrected chi connectivity index (χ1v) is 18.3. The summed E-state index contributed by atoms with van der Waals surface area (Å²) >= 11 is 0. The zero-order valence-corrected chi connectivity index (χ0v) is 30.3. The second-order valence-electron chi connectivity index (χ2n) is 13.0. The molecule has 55 heavy (non-hydrogen) atoms. The van der Waals surface area contributed by atoms with Crippen molar-refractivity contribution in [1.29, 1.82) is 0 Å². The van der Waals surface area contributed by atoms with E-state index in [2.05, 4.69) is 29.6 Å². The third-order valence-corrected chi connectivity index (χ3v) is 9.88. The lowest BCUT2D eigenvalue weighted by atomic mass is 9.97. The zero-order chi connectivity index (χ0) is 40.8. The number of H-pyrrole nitrogens is 1. The van der Waals surface area contributed by atoms with E-state index in [1.807, 2.05) is 13.8 Å². The molecular formula is C31H45N6O17P. The van der Waals surface area contributed by atoms with Crippen LogP contribution in [0.5, 0.6) is 0 Å². The lowest BCUT2D eigenvalue weighted by Gasteiger charge is -2.42. The molecular weight excluding hydrogens is 759 g/mol. The largest absolute Gasteiger partial charge is 0.481 e. The molecule has 3 heterocycles. The molecule has 2 aromatic rings. The molecule has 0 radical (unpaired) electrons. The number of aliphatic hydroxyl groups excluding tert-OH is 5. The highest BCUT2D eigenvalue weighted by Crippen LogP contribution is 2.46. The normalized spacial score (nSPS) is 26.1. The van der Waals surface area contributed by atoms with Gasteiger partial charge < -0.3 is 66.5 Å². The summed E-state index contributed by atoms with van der Waals surface area (Å²) in [6, 6.07) is 5.44. The molecule has 0 aliphatic carbocycles. The SMILES string of the molecule is CC1Nc2nc(N)[nH]c(=O)c2N(C=O)[C@H]1[C@@H](C)Nc1ccc(C[C@@H](O)[C@@H](O)[C@@H](O)CO[C@H]2O[C@@H](COP(=O)(O)O[C@@H](CCC(=O)O)C(=O)O)[C@@H](O)[C@H]2O)cc1. The van der Waals surface area contributed by atoms with Gasteiger partial charge in [-0.25, -0.2) is 9.36 Å². The fraction of sp³-hybridized carbons (Fsp3) is 0.581. The Morgan fingerprint density at radius 3 is 2.44 bits per heavy atom. The van der Waals surface area contributed by atoms with Gasteiger partial charge in [-0.2, -0.15) is 4.98 Å². The van der Waals surface area contributed by atoms with Crippen LogP contribution in [-0.2, 0) is 43.9 Å². The number of ether oxygens (including phenoxy) is 2. The van der Waals surface area contributed by atoms with Crippen LogP contribution >= 0.6 is 7.82 Å². The second-order valence-corrected chi connectivity index (χ2v) is 14.4. The Morgan fingerprint density at radius 1 is 1.15 bits per heavy atom. The van der Waals surface area contributed by atoms with Gasteiger partial charge in [0, 0.05) is 30.6 Å². The molecule has 2 aliphatic rings. The molecule has 23 nitrogen and oxygen atoms in total. The van der Waals surface area contributed by atoms with E-state index >= 15 is 0 Å². The van der Waals surface area contributed by atoms with Gasteiger partial charge in [-0.05, 0) is 38.0 Å². The van der Waals surface area contributed by atoms with Gasteiger partial charge in [0.2, 0.25) is 12.4 Å². The number of anilines is 4. The highest BCUT2D eigenvalue weighted by molar-refractivity contribution is 7.47. The number of amides is 1. The number of carboxylic acids is 2. The molecule has 306 valence electrons. The summed E-state index contributed by atoms with van der Waals surface area (Å²) in [5.74, 6) is -3.02.